The Kier molecular flexibility index (Phi) is 4.88. The van der Waals surface area contributed by atoms with Crippen molar-refractivity contribution >= 4 is 0 Å². The number of piperidine rings is 1. The Morgan fingerprint density at radius 3 is 2.84 bits per heavy atom. The van der Waals surface area contributed by atoms with E-state index in [9.17, 15) is 8.78 Å². The third-order valence-corrected chi connectivity index (χ3v) is 3.86. The zero-order valence-electron chi connectivity index (χ0n) is 11.4. The van der Waals surface area contributed by atoms with Gasteiger partial charge in [0.25, 0.3) is 6.43 Å². The van der Waals surface area contributed by atoms with Crippen LogP contribution < -0.4 is 5.73 Å². The van der Waals surface area contributed by atoms with Crippen molar-refractivity contribution in [1.29, 1.82) is 0 Å². The van der Waals surface area contributed by atoms with E-state index in [4.69, 9.17) is 5.73 Å². The maximum atomic E-state index is 12.7. The number of hydrogen-bond acceptors (Lipinski definition) is 2. The molecule has 1 heterocycles. The second-order valence-corrected chi connectivity index (χ2v) is 5.44. The van der Waals surface area contributed by atoms with Gasteiger partial charge in [-0.05, 0) is 37.9 Å². The van der Waals surface area contributed by atoms with Crippen LogP contribution in [0.2, 0.25) is 0 Å². The van der Waals surface area contributed by atoms with Gasteiger partial charge in [0.2, 0.25) is 0 Å². The topological polar surface area (TPSA) is 29.3 Å². The third-order valence-electron chi connectivity index (χ3n) is 3.86. The molecule has 19 heavy (non-hydrogen) atoms. The summed E-state index contributed by atoms with van der Waals surface area (Å²) in [7, 11) is 0. The van der Waals surface area contributed by atoms with Crippen LogP contribution in [0.1, 0.15) is 43.7 Å². The van der Waals surface area contributed by atoms with Crippen molar-refractivity contribution in [2.24, 2.45) is 5.73 Å². The highest BCUT2D eigenvalue weighted by molar-refractivity contribution is 5.24. The molecule has 0 aliphatic carbocycles. The quantitative estimate of drug-likeness (QED) is 0.907. The number of likely N-dealkylation sites (tertiary alicyclic amines) is 1. The lowest BCUT2D eigenvalue weighted by Crippen LogP contribution is -2.48. The van der Waals surface area contributed by atoms with Gasteiger partial charge < -0.3 is 5.73 Å². The van der Waals surface area contributed by atoms with Gasteiger partial charge in [0, 0.05) is 24.2 Å². The molecule has 2 atom stereocenters. The molecule has 1 aliphatic heterocycles. The predicted octanol–water partition coefficient (Wildman–Crippen LogP) is 3.33. The zero-order chi connectivity index (χ0) is 13.8. The molecule has 0 radical (unpaired) electrons. The third kappa shape index (κ3) is 3.74. The lowest BCUT2D eigenvalue weighted by atomic mass is 9.96. The monoisotopic (exact) mass is 268 g/mol. The number of benzene rings is 1. The first-order valence-corrected chi connectivity index (χ1v) is 6.94. The summed E-state index contributed by atoms with van der Waals surface area (Å²) in [5.41, 5.74) is 7.08. The highest BCUT2D eigenvalue weighted by atomic mass is 19.3. The Labute approximate surface area is 113 Å². The fourth-order valence-electron chi connectivity index (χ4n) is 2.87. The molecule has 0 spiro atoms. The maximum Gasteiger partial charge on any atom is 0.263 e. The fourth-order valence-corrected chi connectivity index (χ4v) is 2.87. The minimum atomic E-state index is -2.40. The van der Waals surface area contributed by atoms with Crippen molar-refractivity contribution in [3.8, 4) is 0 Å². The van der Waals surface area contributed by atoms with Crippen LogP contribution in [0.25, 0.3) is 0 Å². The molecule has 2 N–H and O–H groups in total. The Bertz CT molecular complexity index is 407. The first kappa shape index (κ1) is 14.4. The van der Waals surface area contributed by atoms with Crippen LogP contribution in [-0.2, 0) is 6.54 Å². The van der Waals surface area contributed by atoms with Crippen molar-refractivity contribution in [2.75, 3.05) is 6.54 Å². The van der Waals surface area contributed by atoms with E-state index in [1.54, 1.807) is 12.1 Å². The summed E-state index contributed by atoms with van der Waals surface area (Å²) in [5, 5.41) is 0. The van der Waals surface area contributed by atoms with Crippen molar-refractivity contribution in [3.05, 3.63) is 35.4 Å². The summed E-state index contributed by atoms with van der Waals surface area (Å²) in [6.45, 7) is 3.75. The number of rotatable bonds is 4. The van der Waals surface area contributed by atoms with Gasteiger partial charge in [-0.25, -0.2) is 8.78 Å². The van der Waals surface area contributed by atoms with Gasteiger partial charge in [-0.2, -0.15) is 0 Å². The van der Waals surface area contributed by atoms with Gasteiger partial charge in [-0.3, -0.25) is 4.90 Å². The summed E-state index contributed by atoms with van der Waals surface area (Å²) >= 11 is 0. The predicted molar refractivity (Wildman–Crippen MR) is 73.1 cm³/mol. The highest BCUT2D eigenvalue weighted by Crippen LogP contribution is 2.24. The zero-order valence-corrected chi connectivity index (χ0v) is 11.4. The van der Waals surface area contributed by atoms with Crippen LogP contribution in [0.3, 0.4) is 0 Å². The van der Waals surface area contributed by atoms with E-state index in [2.05, 4.69) is 4.90 Å². The molecular weight excluding hydrogens is 246 g/mol. The fraction of sp³-hybridized carbons (Fsp3) is 0.600. The molecule has 0 bridgehead atoms. The van der Waals surface area contributed by atoms with Crippen molar-refractivity contribution < 1.29 is 8.78 Å². The minimum absolute atomic E-state index is 0.104. The molecule has 106 valence electrons. The van der Waals surface area contributed by atoms with Crippen LogP contribution in [0, 0.1) is 0 Å². The van der Waals surface area contributed by atoms with Crippen LogP contribution in [-0.4, -0.2) is 23.5 Å². The van der Waals surface area contributed by atoms with Gasteiger partial charge in [-0.1, -0.05) is 24.6 Å². The van der Waals surface area contributed by atoms with E-state index >= 15 is 0 Å². The molecule has 1 aromatic rings. The van der Waals surface area contributed by atoms with Gasteiger partial charge in [0.15, 0.2) is 0 Å². The molecule has 0 amide bonds. The average molecular weight is 268 g/mol. The number of nitrogens with zero attached hydrogens (tertiary/aromatic N) is 1. The molecule has 1 aliphatic rings. The molecule has 2 rings (SSSR count). The van der Waals surface area contributed by atoms with Crippen molar-refractivity contribution in [2.45, 2.75) is 51.2 Å². The number of alkyl halides is 2. The average Bonchev–Trinajstić information content (AvgIpc) is 2.39. The normalized spacial score (nSPS) is 22.7. The molecule has 1 saturated heterocycles. The smallest absolute Gasteiger partial charge is 0.263 e. The SMILES string of the molecule is CC(N)C1CCCCN1Cc1cccc(C(F)F)c1. The van der Waals surface area contributed by atoms with Crippen LogP contribution in [0.4, 0.5) is 8.78 Å². The van der Waals surface area contributed by atoms with Gasteiger partial charge in [-0.15, -0.1) is 0 Å². The molecule has 2 nitrogen and oxygen atoms in total. The van der Waals surface area contributed by atoms with E-state index in [1.165, 1.54) is 12.5 Å². The summed E-state index contributed by atoms with van der Waals surface area (Å²) in [4.78, 5) is 2.33. The van der Waals surface area contributed by atoms with Gasteiger partial charge in [0.1, 0.15) is 0 Å². The first-order chi connectivity index (χ1) is 9.08. The van der Waals surface area contributed by atoms with Crippen LogP contribution in [0.15, 0.2) is 24.3 Å². The Morgan fingerprint density at radius 1 is 1.37 bits per heavy atom. The van der Waals surface area contributed by atoms with E-state index in [-0.39, 0.29) is 11.6 Å². The van der Waals surface area contributed by atoms with E-state index < -0.39 is 6.43 Å². The number of halogens is 2. The Morgan fingerprint density at radius 2 is 2.16 bits per heavy atom. The van der Waals surface area contributed by atoms with Crippen molar-refractivity contribution in [1.82, 2.24) is 4.90 Å². The van der Waals surface area contributed by atoms with E-state index in [1.807, 2.05) is 13.0 Å². The molecular formula is C15H22F2N2. The summed E-state index contributed by atoms with van der Waals surface area (Å²) < 4.78 is 25.4. The van der Waals surface area contributed by atoms with E-state index in [0.717, 1.165) is 24.9 Å². The lowest BCUT2D eigenvalue weighted by molar-refractivity contribution is 0.122. The molecule has 2 unspecified atom stereocenters. The maximum absolute atomic E-state index is 12.7. The second-order valence-electron chi connectivity index (χ2n) is 5.44. The molecule has 1 aromatic carbocycles. The summed E-state index contributed by atoms with van der Waals surface area (Å²) in [5.74, 6) is 0. The van der Waals surface area contributed by atoms with E-state index in [0.29, 0.717) is 12.6 Å². The minimum Gasteiger partial charge on any atom is -0.327 e. The van der Waals surface area contributed by atoms with Gasteiger partial charge >= 0.3 is 0 Å². The number of nitrogens with two attached hydrogens (primary N) is 1. The standard InChI is InChI=1S/C15H22F2N2/c1-11(18)14-7-2-3-8-19(14)10-12-5-4-6-13(9-12)15(16)17/h4-6,9,11,14-15H,2-3,7-8,10,18H2,1H3. The number of hydrogen-bond donors (Lipinski definition) is 1. The summed E-state index contributed by atoms with van der Waals surface area (Å²) in [6, 6.07) is 7.20. The largest absolute Gasteiger partial charge is 0.327 e. The Balaban J connectivity index is 2.08. The highest BCUT2D eigenvalue weighted by Gasteiger charge is 2.25. The lowest BCUT2D eigenvalue weighted by Gasteiger charge is -2.38. The second kappa shape index (κ2) is 6.44. The van der Waals surface area contributed by atoms with Gasteiger partial charge in [0.05, 0.1) is 0 Å². The molecule has 0 aromatic heterocycles. The molecule has 1 fully saturated rings. The molecule has 0 saturated carbocycles. The Hall–Kier alpha value is -1.00. The van der Waals surface area contributed by atoms with Crippen molar-refractivity contribution in [3.63, 3.8) is 0 Å². The van der Waals surface area contributed by atoms with Crippen LogP contribution >= 0.6 is 0 Å². The molecule has 4 heteroatoms. The summed E-state index contributed by atoms with van der Waals surface area (Å²) in [6.07, 6.45) is 1.08. The first-order valence-electron chi connectivity index (χ1n) is 6.94. The van der Waals surface area contributed by atoms with Crippen LogP contribution in [0.5, 0.6) is 0 Å².